The topological polar surface area (TPSA) is 86.3 Å². The molecule has 2 aromatic heterocycles. The molecule has 0 aliphatic carbocycles. The molecular weight excluding hydrogens is 405 g/mol. The van der Waals surface area contributed by atoms with Crippen molar-refractivity contribution in [2.45, 2.75) is 6.04 Å². The summed E-state index contributed by atoms with van der Waals surface area (Å²) in [4.78, 5) is 35.5. The number of aromatic nitrogens is 2. The van der Waals surface area contributed by atoms with E-state index in [-0.39, 0.29) is 22.8 Å². The average Bonchev–Trinajstić information content (AvgIpc) is 3.47. The first-order valence-corrected chi connectivity index (χ1v) is 9.97. The lowest BCUT2D eigenvalue weighted by molar-refractivity contribution is -0.132. The van der Waals surface area contributed by atoms with Crippen LogP contribution in [0.1, 0.15) is 16.5 Å². The molecule has 1 aliphatic heterocycles. The molecule has 1 aliphatic rings. The SMILES string of the molecule is O=C1C(=O)N(c2nc3ccccc3[nH]2)C(c2cccs2)/C1=C(\O)c1ccc(F)cc1. The predicted octanol–water partition coefficient (Wildman–Crippen LogP) is 4.39. The lowest BCUT2D eigenvalue weighted by Crippen LogP contribution is -2.30. The van der Waals surface area contributed by atoms with Crippen molar-refractivity contribution in [2.24, 2.45) is 0 Å². The highest BCUT2D eigenvalue weighted by Gasteiger charge is 2.48. The Bertz CT molecular complexity index is 1280. The highest BCUT2D eigenvalue weighted by molar-refractivity contribution is 7.10. The van der Waals surface area contributed by atoms with E-state index in [1.54, 1.807) is 18.2 Å². The fourth-order valence-corrected chi connectivity index (χ4v) is 4.41. The van der Waals surface area contributed by atoms with Crippen LogP contribution in [0.25, 0.3) is 16.8 Å². The molecule has 5 rings (SSSR count). The van der Waals surface area contributed by atoms with Gasteiger partial charge in [0.1, 0.15) is 17.6 Å². The lowest BCUT2D eigenvalue weighted by Gasteiger charge is -2.21. The molecule has 2 aromatic carbocycles. The number of imidazole rings is 1. The Morgan fingerprint density at radius 3 is 2.53 bits per heavy atom. The van der Waals surface area contributed by atoms with Gasteiger partial charge in [0.25, 0.3) is 5.78 Å². The molecule has 1 amide bonds. The number of benzene rings is 2. The number of hydrogen-bond acceptors (Lipinski definition) is 5. The summed E-state index contributed by atoms with van der Waals surface area (Å²) >= 11 is 1.36. The van der Waals surface area contributed by atoms with E-state index in [4.69, 9.17) is 0 Å². The number of ketones is 1. The molecule has 148 valence electrons. The number of nitrogens with one attached hydrogen (secondary N) is 1. The summed E-state index contributed by atoms with van der Waals surface area (Å²) < 4.78 is 13.3. The van der Waals surface area contributed by atoms with E-state index in [0.29, 0.717) is 10.4 Å². The van der Waals surface area contributed by atoms with Crippen molar-refractivity contribution in [2.75, 3.05) is 4.90 Å². The first kappa shape index (κ1) is 18.3. The zero-order valence-corrected chi connectivity index (χ0v) is 16.2. The zero-order chi connectivity index (χ0) is 20.8. The Morgan fingerprint density at radius 1 is 1.07 bits per heavy atom. The lowest BCUT2D eigenvalue weighted by atomic mass is 10.00. The highest BCUT2D eigenvalue weighted by Crippen LogP contribution is 2.43. The van der Waals surface area contributed by atoms with E-state index < -0.39 is 23.5 Å². The molecule has 30 heavy (non-hydrogen) atoms. The van der Waals surface area contributed by atoms with Gasteiger partial charge in [-0.05, 0) is 47.8 Å². The van der Waals surface area contributed by atoms with Gasteiger partial charge in [0.15, 0.2) is 0 Å². The van der Waals surface area contributed by atoms with Crippen molar-refractivity contribution >= 4 is 45.8 Å². The van der Waals surface area contributed by atoms with Crippen LogP contribution in [-0.2, 0) is 9.59 Å². The quantitative estimate of drug-likeness (QED) is 0.293. The smallest absolute Gasteiger partial charge is 0.302 e. The molecular formula is C22H14FN3O3S. The molecule has 1 saturated heterocycles. The second-order valence-corrected chi connectivity index (χ2v) is 7.75. The minimum atomic E-state index is -0.851. The number of H-pyrrole nitrogens is 1. The monoisotopic (exact) mass is 419 g/mol. The molecule has 3 heterocycles. The molecule has 1 unspecified atom stereocenters. The van der Waals surface area contributed by atoms with Gasteiger partial charge in [0.05, 0.1) is 16.6 Å². The van der Waals surface area contributed by atoms with Crippen LogP contribution in [0.15, 0.2) is 71.6 Å². The summed E-state index contributed by atoms with van der Waals surface area (Å²) in [6.45, 7) is 0. The Kier molecular flexibility index (Phi) is 4.22. The van der Waals surface area contributed by atoms with Gasteiger partial charge < -0.3 is 10.1 Å². The standard InChI is InChI=1S/C22H14FN3O3S/c23-13-9-7-12(8-10-13)19(27)17-18(16-6-3-11-30-16)26(21(29)20(17)28)22-24-14-4-1-2-5-15(14)25-22/h1-11,18,27H,(H,24,25)/b19-17+. The molecule has 0 saturated carbocycles. The average molecular weight is 419 g/mol. The second kappa shape index (κ2) is 6.93. The van der Waals surface area contributed by atoms with Crippen molar-refractivity contribution in [1.29, 1.82) is 0 Å². The van der Waals surface area contributed by atoms with Crippen LogP contribution in [0.3, 0.4) is 0 Å². The number of thiophene rings is 1. The first-order chi connectivity index (χ1) is 14.5. The van der Waals surface area contributed by atoms with Gasteiger partial charge in [0.2, 0.25) is 5.95 Å². The van der Waals surface area contributed by atoms with E-state index in [1.165, 1.54) is 40.5 Å². The number of aliphatic hydroxyl groups excluding tert-OH is 1. The first-order valence-electron chi connectivity index (χ1n) is 9.09. The normalized spacial score (nSPS) is 18.4. The van der Waals surface area contributed by atoms with Crippen LogP contribution in [-0.4, -0.2) is 26.8 Å². The van der Waals surface area contributed by atoms with E-state index in [9.17, 15) is 19.1 Å². The van der Waals surface area contributed by atoms with Gasteiger partial charge >= 0.3 is 5.91 Å². The van der Waals surface area contributed by atoms with Crippen LogP contribution < -0.4 is 4.90 Å². The maximum absolute atomic E-state index is 13.3. The Labute approximate surface area is 173 Å². The van der Waals surface area contributed by atoms with Crippen molar-refractivity contribution in [3.05, 3.63) is 87.9 Å². The zero-order valence-electron chi connectivity index (χ0n) is 15.4. The fourth-order valence-electron chi connectivity index (χ4n) is 3.58. The number of amides is 1. The van der Waals surface area contributed by atoms with Gasteiger partial charge in [-0.25, -0.2) is 9.37 Å². The number of halogens is 1. The van der Waals surface area contributed by atoms with Crippen LogP contribution in [0.5, 0.6) is 0 Å². The van der Waals surface area contributed by atoms with Gasteiger partial charge in [-0.3, -0.25) is 14.5 Å². The van der Waals surface area contributed by atoms with Crippen LogP contribution in [0.4, 0.5) is 10.3 Å². The van der Waals surface area contributed by atoms with Gasteiger partial charge in [-0.15, -0.1) is 11.3 Å². The number of fused-ring (bicyclic) bond motifs is 1. The number of carbonyl (C=O) groups is 2. The summed E-state index contributed by atoms with van der Waals surface area (Å²) in [7, 11) is 0. The number of Topliss-reactive ketones (excluding diaryl/α,β-unsaturated/α-hetero) is 1. The van der Waals surface area contributed by atoms with Crippen molar-refractivity contribution in [3.8, 4) is 0 Å². The maximum Gasteiger partial charge on any atom is 0.302 e. The van der Waals surface area contributed by atoms with E-state index in [0.717, 1.165) is 5.52 Å². The largest absolute Gasteiger partial charge is 0.507 e. The van der Waals surface area contributed by atoms with Crippen molar-refractivity contribution in [3.63, 3.8) is 0 Å². The van der Waals surface area contributed by atoms with Gasteiger partial charge in [0, 0.05) is 10.4 Å². The van der Waals surface area contributed by atoms with E-state index in [2.05, 4.69) is 9.97 Å². The van der Waals surface area contributed by atoms with E-state index in [1.807, 2.05) is 23.6 Å². The molecule has 0 bridgehead atoms. The third-order valence-electron chi connectivity index (χ3n) is 4.98. The maximum atomic E-state index is 13.3. The fraction of sp³-hybridized carbons (Fsp3) is 0.0455. The summed E-state index contributed by atoms with van der Waals surface area (Å²) in [6.07, 6.45) is 0. The number of para-hydroxylation sites is 2. The molecule has 0 radical (unpaired) electrons. The number of hydrogen-bond donors (Lipinski definition) is 2. The van der Waals surface area contributed by atoms with Crippen molar-refractivity contribution < 1.29 is 19.1 Å². The number of aromatic amines is 1. The Hall–Kier alpha value is -3.78. The molecule has 4 aromatic rings. The number of nitrogens with zero attached hydrogens (tertiary/aromatic N) is 2. The van der Waals surface area contributed by atoms with Crippen LogP contribution in [0, 0.1) is 5.82 Å². The predicted molar refractivity (Wildman–Crippen MR) is 112 cm³/mol. The summed E-state index contributed by atoms with van der Waals surface area (Å²) in [5.74, 6) is -2.23. The molecule has 8 heteroatoms. The third kappa shape index (κ3) is 2.81. The highest BCUT2D eigenvalue weighted by atomic mass is 32.1. The van der Waals surface area contributed by atoms with Gasteiger partial charge in [-0.2, -0.15) is 0 Å². The molecule has 1 atom stereocenters. The molecule has 6 nitrogen and oxygen atoms in total. The van der Waals surface area contributed by atoms with Gasteiger partial charge in [-0.1, -0.05) is 18.2 Å². The number of rotatable bonds is 3. The summed E-state index contributed by atoms with van der Waals surface area (Å²) in [5, 5.41) is 12.7. The molecule has 0 spiro atoms. The Balaban J connectivity index is 1.71. The number of carbonyl (C=O) groups excluding carboxylic acids is 2. The number of anilines is 1. The number of aliphatic hydroxyl groups is 1. The molecule has 1 fully saturated rings. The van der Waals surface area contributed by atoms with E-state index >= 15 is 0 Å². The molecule has 2 N–H and O–H groups in total. The minimum Gasteiger partial charge on any atom is -0.507 e. The Morgan fingerprint density at radius 2 is 1.83 bits per heavy atom. The van der Waals surface area contributed by atoms with Crippen LogP contribution in [0.2, 0.25) is 0 Å². The van der Waals surface area contributed by atoms with Crippen LogP contribution >= 0.6 is 11.3 Å². The summed E-state index contributed by atoms with van der Waals surface area (Å²) in [6, 6.07) is 15.1. The second-order valence-electron chi connectivity index (χ2n) is 6.77. The minimum absolute atomic E-state index is 0.0606. The third-order valence-corrected chi connectivity index (χ3v) is 5.90. The van der Waals surface area contributed by atoms with Crippen molar-refractivity contribution in [1.82, 2.24) is 9.97 Å². The summed E-state index contributed by atoms with van der Waals surface area (Å²) in [5.41, 5.74) is 1.56.